The van der Waals surface area contributed by atoms with E-state index in [1.54, 1.807) is 7.05 Å². The van der Waals surface area contributed by atoms with Crippen LogP contribution in [0.2, 0.25) is 0 Å². The molecule has 0 spiro atoms. The number of aliphatic imine (C=N–C) groups is 1. The smallest absolute Gasteiger partial charge is 0.191 e. The van der Waals surface area contributed by atoms with Crippen molar-refractivity contribution in [3.8, 4) is 0 Å². The molecule has 5 nitrogen and oxygen atoms in total. The van der Waals surface area contributed by atoms with Crippen molar-refractivity contribution in [1.82, 2.24) is 20.4 Å². The molecule has 0 amide bonds. The van der Waals surface area contributed by atoms with Gasteiger partial charge >= 0.3 is 0 Å². The Labute approximate surface area is 130 Å². The highest BCUT2D eigenvalue weighted by Gasteiger charge is 1.97. The molecule has 0 aliphatic rings. The van der Waals surface area contributed by atoms with Crippen molar-refractivity contribution >= 4 is 41.7 Å². The first-order valence-electron chi connectivity index (χ1n) is 5.68. The van der Waals surface area contributed by atoms with Gasteiger partial charge in [0.2, 0.25) is 0 Å². The van der Waals surface area contributed by atoms with Crippen molar-refractivity contribution in [3.05, 3.63) is 18.0 Å². The molecule has 0 aliphatic heterocycles. The van der Waals surface area contributed by atoms with E-state index in [0.717, 1.165) is 31.3 Å². The molecule has 1 aromatic heterocycles. The van der Waals surface area contributed by atoms with E-state index >= 15 is 0 Å². The van der Waals surface area contributed by atoms with Crippen LogP contribution >= 0.6 is 35.7 Å². The number of aromatic nitrogens is 2. The van der Waals surface area contributed by atoms with Gasteiger partial charge < -0.3 is 10.6 Å². The standard InChI is InChI=1S/C11H21N5S.HI/c1-10-8-15-16(9-10)6-4-13-11(12-2)14-5-7-17-3;/h8-9H,4-7H2,1-3H3,(H2,12,13,14);1H. The van der Waals surface area contributed by atoms with E-state index < -0.39 is 0 Å². The van der Waals surface area contributed by atoms with E-state index in [1.807, 2.05) is 35.8 Å². The number of nitrogens with one attached hydrogen (secondary N) is 2. The number of aryl methyl sites for hydroxylation is 1. The highest BCUT2D eigenvalue weighted by molar-refractivity contribution is 14.0. The molecule has 0 bridgehead atoms. The van der Waals surface area contributed by atoms with Gasteiger partial charge in [-0.1, -0.05) is 0 Å². The second kappa shape index (κ2) is 10.5. The molecule has 0 aromatic carbocycles. The maximum Gasteiger partial charge on any atom is 0.191 e. The van der Waals surface area contributed by atoms with Gasteiger partial charge in [-0.25, -0.2) is 0 Å². The van der Waals surface area contributed by atoms with Gasteiger partial charge in [0.1, 0.15) is 0 Å². The van der Waals surface area contributed by atoms with Crippen LogP contribution in [0.1, 0.15) is 5.56 Å². The average Bonchev–Trinajstić information content (AvgIpc) is 2.73. The fraction of sp³-hybridized carbons (Fsp3) is 0.636. The second-order valence-electron chi connectivity index (χ2n) is 3.70. The first kappa shape index (κ1) is 17.6. The zero-order valence-electron chi connectivity index (χ0n) is 11.1. The number of thioether (sulfide) groups is 1. The molecular weight excluding hydrogens is 361 g/mol. The van der Waals surface area contributed by atoms with Crippen LogP contribution in [-0.2, 0) is 6.54 Å². The molecular formula is C11H22IN5S. The summed E-state index contributed by atoms with van der Waals surface area (Å²) in [5.41, 5.74) is 1.19. The third kappa shape index (κ3) is 7.10. The minimum absolute atomic E-state index is 0. The van der Waals surface area contributed by atoms with Gasteiger partial charge in [-0.05, 0) is 18.7 Å². The summed E-state index contributed by atoms with van der Waals surface area (Å²) in [4.78, 5) is 4.15. The van der Waals surface area contributed by atoms with Crippen molar-refractivity contribution in [3.63, 3.8) is 0 Å². The molecule has 0 saturated heterocycles. The summed E-state index contributed by atoms with van der Waals surface area (Å²) in [6.45, 7) is 4.64. The fourth-order valence-corrected chi connectivity index (χ4v) is 1.68. The lowest BCUT2D eigenvalue weighted by Gasteiger charge is -2.11. The van der Waals surface area contributed by atoms with Crippen LogP contribution in [-0.4, -0.2) is 47.9 Å². The Morgan fingerprint density at radius 3 is 2.72 bits per heavy atom. The minimum Gasteiger partial charge on any atom is -0.356 e. The SMILES string of the molecule is CN=C(NCCSC)NCCn1cc(C)cn1.I. The van der Waals surface area contributed by atoms with Crippen molar-refractivity contribution in [2.45, 2.75) is 13.5 Å². The molecule has 0 fully saturated rings. The van der Waals surface area contributed by atoms with E-state index in [9.17, 15) is 0 Å². The number of rotatable bonds is 6. The van der Waals surface area contributed by atoms with E-state index in [1.165, 1.54) is 5.56 Å². The van der Waals surface area contributed by atoms with Gasteiger partial charge in [-0.15, -0.1) is 24.0 Å². The molecule has 0 saturated carbocycles. The largest absolute Gasteiger partial charge is 0.356 e. The summed E-state index contributed by atoms with van der Waals surface area (Å²) < 4.78 is 1.93. The Morgan fingerprint density at radius 1 is 1.44 bits per heavy atom. The van der Waals surface area contributed by atoms with Crippen molar-refractivity contribution < 1.29 is 0 Å². The summed E-state index contributed by atoms with van der Waals surface area (Å²) in [5, 5.41) is 10.7. The zero-order chi connectivity index (χ0) is 12.5. The van der Waals surface area contributed by atoms with Gasteiger partial charge in [0, 0.05) is 32.1 Å². The number of hydrogen-bond donors (Lipinski definition) is 2. The van der Waals surface area contributed by atoms with E-state index in [-0.39, 0.29) is 24.0 Å². The fourth-order valence-electron chi connectivity index (χ4n) is 1.37. The third-order valence-electron chi connectivity index (χ3n) is 2.22. The summed E-state index contributed by atoms with van der Waals surface area (Å²) in [6.07, 6.45) is 6.00. The predicted octanol–water partition coefficient (Wildman–Crippen LogP) is 1.34. The normalized spacial score (nSPS) is 10.9. The van der Waals surface area contributed by atoms with Crippen LogP contribution < -0.4 is 10.6 Å². The Kier molecular flexibility index (Phi) is 10.2. The summed E-state index contributed by atoms with van der Waals surface area (Å²) in [5.74, 6) is 1.93. The maximum atomic E-state index is 4.23. The van der Waals surface area contributed by atoms with Crippen LogP contribution in [0.4, 0.5) is 0 Å². The zero-order valence-corrected chi connectivity index (χ0v) is 14.3. The van der Waals surface area contributed by atoms with Crippen LogP contribution in [0.25, 0.3) is 0 Å². The van der Waals surface area contributed by atoms with Crippen LogP contribution in [0.3, 0.4) is 0 Å². The minimum atomic E-state index is 0. The molecule has 1 rings (SSSR count). The quantitative estimate of drug-likeness (QED) is 0.337. The van der Waals surface area contributed by atoms with E-state index in [2.05, 4.69) is 27.0 Å². The highest BCUT2D eigenvalue weighted by Crippen LogP contribution is 1.92. The molecule has 0 aliphatic carbocycles. The molecule has 7 heteroatoms. The molecule has 0 unspecified atom stereocenters. The molecule has 0 atom stereocenters. The summed E-state index contributed by atoms with van der Waals surface area (Å²) >= 11 is 1.82. The average molecular weight is 383 g/mol. The Bertz CT molecular complexity index is 353. The Hall–Kier alpha value is -0.440. The number of halogens is 1. The van der Waals surface area contributed by atoms with E-state index in [0.29, 0.717) is 0 Å². The lowest BCUT2D eigenvalue weighted by molar-refractivity contribution is 0.598. The topological polar surface area (TPSA) is 54.2 Å². The van der Waals surface area contributed by atoms with Gasteiger partial charge in [0.15, 0.2) is 5.96 Å². The van der Waals surface area contributed by atoms with Gasteiger partial charge in [-0.3, -0.25) is 9.67 Å². The molecule has 0 radical (unpaired) electrons. The highest BCUT2D eigenvalue weighted by atomic mass is 127. The summed E-state index contributed by atoms with van der Waals surface area (Å²) in [6, 6.07) is 0. The lowest BCUT2D eigenvalue weighted by atomic mass is 10.4. The second-order valence-corrected chi connectivity index (χ2v) is 4.68. The van der Waals surface area contributed by atoms with Crippen LogP contribution in [0.15, 0.2) is 17.4 Å². The van der Waals surface area contributed by atoms with Gasteiger partial charge in [-0.2, -0.15) is 16.9 Å². The molecule has 18 heavy (non-hydrogen) atoms. The molecule has 2 N–H and O–H groups in total. The van der Waals surface area contributed by atoms with Crippen LogP contribution in [0, 0.1) is 6.92 Å². The first-order chi connectivity index (χ1) is 8.26. The lowest BCUT2D eigenvalue weighted by Crippen LogP contribution is -2.39. The molecule has 1 heterocycles. The number of guanidine groups is 1. The molecule has 104 valence electrons. The van der Waals surface area contributed by atoms with Crippen molar-refractivity contribution in [2.24, 2.45) is 4.99 Å². The van der Waals surface area contributed by atoms with Crippen molar-refractivity contribution in [2.75, 3.05) is 32.1 Å². The summed E-state index contributed by atoms with van der Waals surface area (Å²) in [7, 11) is 1.78. The molecule has 1 aromatic rings. The van der Waals surface area contributed by atoms with Crippen molar-refractivity contribution in [1.29, 1.82) is 0 Å². The monoisotopic (exact) mass is 383 g/mol. The third-order valence-corrected chi connectivity index (χ3v) is 2.83. The van der Waals surface area contributed by atoms with Crippen LogP contribution in [0.5, 0.6) is 0 Å². The number of hydrogen-bond acceptors (Lipinski definition) is 3. The predicted molar refractivity (Wildman–Crippen MR) is 90.1 cm³/mol. The first-order valence-corrected chi connectivity index (χ1v) is 7.08. The van der Waals surface area contributed by atoms with E-state index in [4.69, 9.17) is 0 Å². The maximum absolute atomic E-state index is 4.23. The number of nitrogens with zero attached hydrogens (tertiary/aromatic N) is 3. The Morgan fingerprint density at radius 2 is 2.17 bits per heavy atom. The Balaban J connectivity index is 0.00000289. The van der Waals surface area contributed by atoms with Gasteiger partial charge in [0.25, 0.3) is 0 Å². The van der Waals surface area contributed by atoms with Gasteiger partial charge in [0.05, 0.1) is 12.7 Å².